The Labute approximate surface area is 84.1 Å². The standard InChI is InChI=1S/C8H16O5S/c1-12-8(6-14(9,10)11)7-2-4-13-5-3-7/h7-8H,2-6H2,1H3,(H,9,10,11). The Morgan fingerprint density at radius 1 is 1.50 bits per heavy atom. The minimum atomic E-state index is -3.95. The molecule has 1 unspecified atom stereocenters. The van der Waals surface area contributed by atoms with Crippen LogP contribution >= 0.6 is 0 Å². The van der Waals surface area contributed by atoms with Crippen LogP contribution in [0.4, 0.5) is 0 Å². The zero-order valence-corrected chi connectivity index (χ0v) is 9.00. The number of hydrogen-bond acceptors (Lipinski definition) is 4. The zero-order chi connectivity index (χ0) is 10.6. The molecule has 0 aliphatic carbocycles. The Hall–Kier alpha value is -0.170. The highest BCUT2D eigenvalue weighted by Crippen LogP contribution is 2.21. The fraction of sp³-hybridized carbons (Fsp3) is 1.00. The van der Waals surface area contributed by atoms with Gasteiger partial charge in [0.1, 0.15) is 5.75 Å². The van der Waals surface area contributed by atoms with Crippen molar-refractivity contribution in [2.75, 3.05) is 26.1 Å². The van der Waals surface area contributed by atoms with Crippen molar-refractivity contribution in [1.29, 1.82) is 0 Å². The number of hydrogen-bond donors (Lipinski definition) is 1. The minimum absolute atomic E-state index is 0.163. The molecule has 0 aromatic rings. The van der Waals surface area contributed by atoms with Crippen molar-refractivity contribution in [3.05, 3.63) is 0 Å². The average molecular weight is 224 g/mol. The lowest BCUT2D eigenvalue weighted by atomic mass is 9.95. The monoisotopic (exact) mass is 224 g/mol. The predicted molar refractivity (Wildman–Crippen MR) is 50.8 cm³/mol. The summed E-state index contributed by atoms with van der Waals surface area (Å²) in [5.41, 5.74) is 0. The molecular formula is C8H16O5S. The molecule has 84 valence electrons. The van der Waals surface area contributed by atoms with Gasteiger partial charge in [-0.05, 0) is 18.8 Å². The molecule has 0 amide bonds. The topological polar surface area (TPSA) is 72.8 Å². The van der Waals surface area contributed by atoms with E-state index in [1.54, 1.807) is 0 Å². The molecule has 0 aromatic heterocycles. The van der Waals surface area contributed by atoms with E-state index < -0.39 is 16.2 Å². The van der Waals surface area contributed by atoms with Crippen molar-refractivity contribution in [3.8, 4) is 0 Å². The molecule has 1 N–H and O–H groups in total. The molecule has 1 aliphatic heterocycles. The summed E-state index contributed by atoms with van der Waals surface area (Å²) >= 11 is 0. The average Bonchev–Trinajstić information content (AvgIpc) is 2.14. The molecule has 1 heterocycles. The number of ether oxygens (including phenoxy) is 2. The quantitative estimate of drug-likeness (QED) is 0.696. The highest BCUT2D eigenvalue weighted by atomic mass is 32.2. The summed E-state index contributed by atoms with van der Waals surface area (Å²) in [7, 11) is -2.49. The highest BCUT2D eigenvalue weighted by Gasteiger charge is 2.27. The smallest absolute Gasteiger partial charge is 0.267 e. The minimum Gasteiger partial charge on any atom is -0.381 e. The molecular weight excluding hydrogens is 208 g/mol. The predicted octanol–water partition coefficient (Wildman–Crippen LogP) is 0.316. The molecule has 1 atom stereocenters. The SMILES string of the molecule is COC(CS(=O)(=O)O)C1CCOCC1. The molecule has 5 nitrogen and oxygen atoms in total. The molecule has 1 fully saturated rings. The molecule has 0 spiro atoms. The molecule has 1 rings (SSSR count). The molecule has 0 radical (unpaired) electrons. The second-order valence-electron chi connectivity index (χ2n) is 3.47. The van der Waals surface area contributed by atoms with Crippen molar-refractivity contribution >= 4 is 10.1 Å². The lowest BCUT2D eigenvalue weighted by Gasteiger charge is -2.28. The van der Waals surface area contributed by atoms with Crippen LogP contribution in [0.25, 0.3) is 0 Å². The van der Waals surface area contributed by atoms with E-state index in [0.29, 0.717) is 13.2 Å². The Morgan fingerprint density at radius 3 is 2.50 bits per heavy atom. The fourth-order valence-corrected chi connectivity index (χ4v) is 2.52. The maximum absolute atomic E-state index is 10.7. The second-order valence-corrected chi connectivity index (χ2v) is 4.97. The Balaban J connectivity index is 2.52. The van der Waals surface area contributed by atoms with Crippen LogP contribution in [0.15, 0.2) is 0 Å². The summed E-state index contributed by atoms with van der Waals surface area (Å²) in [5.74, 6) is -0.163. The summed E-state index contributed by atoms with van der Waals surface area (Å²) in [6.07, 6.45) is 1.15. The first-order chi connectivity index (χ1) is 6.53. The van der Waals surface area contributed by atoms with Gasteiger partial charge in [-0.1, -0.05) is 0 Å². The van der Waals surface area contributed by atoms with E-state index in [1.807, 2.05) is 0 Å². The molecule has 0 aromatic carbocycles. The van der Waals surface area contributed by atoms with E-state index in [-0.39, 0.29) is 11.7 Å². The van der Waals surface area contributed by atoms with Gasteiger partial charge >= 0.3 is 0 Å². The summed E-state index contributed by atoms with van der Waals surface area (Å²) in [6, 6.07) is 0. The van der Waals surface area contributed by atoms with Gasteiger partial charge in [0.25, 0.3) is 10.1 Å². The van der Waals surface area contributed by atoms with Crippen LogP contribution in [0.5, 0.6) is 0 Å². The van der Waals surface area contributed by atoms with Gasteiger partial charge in [0.05, 0.1) is 6.10 Å². The van der Waals surface area contributed by atoms with Crippen molar-refractivity contribution in [2.45, 2.75) is 18.9 Å². The van der Waals surface area contributed by atoms with Crippen molar-refractivity contribution in [3.63, 3.8) is 0 Å². The zero-order valence-electron chi connectivity index (χ0n) is 8.18. The largest absolute Gasteiger partial charge is 0.381 e. The molecule has 1 saturated heterocycles. The second kappa shape index (κ2) is 5.06. The van der Waals surface area contributed by atoms with Crippen LogP contribution in [0.3, 0.4) is 0 Å². The molecule has 1 aliphatic rings. The van der Waals surface area contributed by atoms with Crippen molar-refractivity contribution in [2.24, 2.45) is 5.92 Å². The molecule has 6 heteroatoms. The third-order valence-corrected chi connectivity index (χ3v) is 3.22. The first kappa shape index (κ1) is 11.9. The van der Waals surface area contributed by atoms with Gasteiger partial charge in [-0.15, -0.1) is 0 Å². The van der Waals surface area contributed by atoms with E-state index in [1.165, 1.54) is 7.11 Å². The third kappa shape index (κ3) is 3.91. The van der Waals surface area contributed by atoms with Gasteiger partial charge in [0, 0.05) is 20.3 Å². The molecule has 0 saturated carbocycles. The molecule has 0 bridgehead atoms. The van der Waals surface area contributed by atoms with Gasteiger partial charge in [-0.25, -0.2) is 0 Å². The van der Waals surface area contributed by atoms with Gasteiger partial charge in [0.2, 0.25) is 0 Å². The van der Waals surface area contributed by atoms with Crippen LogP contribution in [0.2, 0.25) is 0 Å². The van der Waals surface area contributed by atoms with E-state index in [0.717, 1.165) is 12.8 Å². The number of methoxy groups -OCH3 is 1. The Morgan fingerprint density at radius 2 is 2.07 bits per heavy atom. The molecule has 14 heavy (non-hydrogen) atoms. The van der Waals surface area contributed by atoms with Crippen LogP contribution in [0.1, 0.15) is 12.8 Å². The third-order valence-electron chi connectivity index (χ3n) is 2.47. The Bertz CT molecular complexity index is 255. The summed E-state index contributed by atoms with van der Waals surface area (Å²) < 4.78 is 40.3. The lowest BCUT2D eigenvalue weighted by molar-refractivity contribution is -0.00374. The van der Waals surface area contributed by atoms with Crippen molar-refractivity contribution < 1.29 is 22.4 Å². The van der Waals surface area contributed by atoms with E-state index in [2.05, 4.69) is 0 Å². The van der Waals surface area contributed by atoms with E-state index >= 15 is 0 Å². The van der Waals surface area contributed by atoms with E-state index in [9.17, 15) is 8.42 Å². The Kier molecular flexibility index (Phi) is 4.31. The maximum Gasteiger partial charge on any atom is 0.267 e. The lowest BCUT2D eigenvalue weighted by Crippen LogP contribution is -2.34. The summed E-state index contributed by atoms with van der Waals surface area (Å²) in [4.78, 5) is 0. The summed E-state index contributed by atoms with van der Waals surface area (Å²) in [6.45, 7) is 1.27. The normalized spacial score (nSPS) is 22.1. The van der Waals surface area contributed by atoms with E-state index in [4.69, 9.17) is 14.0 Å². The van der Waals surface area contributed by atoms with Crippen LogP contribution in [-0.4, -0.2) is 45.2 Å². The van der Waals surface area contributed by atoms with Gasteiger partial charge in [0.15, 0.2) is 0 Å². The first-order valence-corrected chi connectivity index (χ1v) is 6.19. The van der Waals surface area contributed by atoms with Crippen LogP contribution in [-0.2, 0) is 19.6 Å². The van der Waals surface area contributed by atoms with Gasteiger partial charge in [-0.2, -0.15) is 8.42 Å². The highest BCUT2D eigenvalue weighted by molar-refractivity contribution is 7.85. The summed E-state index contributed by atoms with van der Waals surface area (Å²) in [5, 5.41) is 0. The van der Waals surface area contributed by atoms with Gasteiger partial charge < -0.3 is 9.47 Å². The van der Waals surface area contributed by atoms with Crippen molar-refractivity contribution in [1.82, 2.24) is 0 Å². The number of rotatable bonds is 4. The van der Waals surface area contributed by atoms with Crippen LogP contribution < -0.4 is 0 Å². The van der Waals surface area contributed by atoms with Gasteiger partial charge in [-0.3, -0.25) is 4.55 Å². The maximum atomic E-state index is 10.7. The first-order valence-electron chi connectivity index (χ1n) is 4.58. The fourth-order valence-electron chi connectivity index (χ4n) is 1.69. The van der Waals surface area contributed by atoms with Crippen LogP contribution in [0, 0.1) is 5.92 Å².